The van der Waals surface area contributed by atoms with E-state index in [0.29, 0.717) is 17.0 Å². The Kier molecular flexibility index (Phi) is 6.75. The fourth-order valence-electron chi connectivity index (χ4n) is 3.14. The lowest BCUT2D eigenvalue weighted by atomic mass is 10.0. The maximum Gasteiger partial charge on any atom is 0.251 e. The van der Waals surface area contributed by atoms with E-state index in [-0.39, 0.29) is 22.3 Å². The third kappa shape index (κ3) is 4.71. The summed E-state index contributed by atoms with van der Waals surface area (Å²) >= 11 is 0. The number of hydrogen-bond donors (Lipinski definition) is 1. The predicted octanol–water partition coefficient (Wildman–Crippen LogP) is 3.13. The number of rotatable bonds is 7. The van der Waals surface area contributed by atoms with Gasteiger partial charge in [-0.3, -0.25) is 9.78 Å². The van der Waals surface area contributed by atoms with Gasteiger partial charge in [0.25, 0.3) is 5.91 Å². The molecule has 1 atom stereocenters. The van der Waals surface area contributed by atoms with Crippen LogP contribution in [0, 0.1) is 19.8 Å². The van der Waals surface area contributed by atoms with E-state index in [1.165, 1.54) is 20.2 Å². The molecule has 0 aliphatic carbocycles. The highest BCUT2D eigenvalue weighted by Crippen LogP contribution is 2.26. The van der Waals surface area contributed by atoms with E-state index in [2.05, 4.69) is 20.4 Å². The zero-order valence-corrected chi connectivity index (χ0v) is 19.8. The average Bonchev–Trinajstić information content (AvgIpc) is 3.23. The van der Waals surface area contributed by atoms with Crippen LogP contribution < -0.4 is 5.32 Å². The summed E-state index contributed by atoms with van der Waals surface area (Å²) in [5, 5.41) is 6.92. The van der Waals surface area contributed by atoms with Gasteiger partial charge in [-0.25, -0.2) is 12.7 Å². The number of sulfonamides is 1. The van der Waals surface area contributed by atoms with Crippen LogP contribution in [0.5, 0.6) is 0 Å². The minimum absolute atomic E-state index is 0.0544. The molecule has 1 aromatic carbocycles. The van der Waals surface area contributed by atoms with Crippen molar-refractivity contribution in [2.45, 2.75) is 38.6 Å². The second-order valence-electron chi connectivity index (χ2n) is 8.09. The third-order valence-corrected chi connectivity index (χ3v) is 7.18. The topological polar surface area (TPSA) is 118 Å². The summed E-state index contributed by atoms with van der Waals surface area (Å²) in [5.41, 5.74) is 2.30. The molecular formula is C22H27N5O4S. The van der Waals surface area contributed by atoms with Crippen molar-refractivity contribution in [2.75, 3.05) is 14.1 Å². The van der Waals surface area contributed by atoms with Crippen molar-refractivity contribution in [3.63, 3.8) is 0 Å². The molecule has 0 saturated carbocycles. The van der Waals surface area contributed by atoms with Crippen LogP contribution in [0.1, 0.15) is 47.3 Å². The molecule has 0 bridgehead atoms. The molecule has 0 fully saturated rings. The molecule has 10 heteroatoms. The molecule has 32 heavy (non-hydrogen) atoms. The molecule has 0 aliphatic heterocycles. The Morgan fingerprint density at radius 1 is 1.12 bits per heavy atom. The first-order valence-corrected chi connectivity index (χ1v) is 11.5. The van der Waals surface area contributed by atoms with Gasteiger partial charge in [-0.1, -0.05) is 19.0 Å². The Hall–Kier alpha value is -3.11. The summed E-state index contributed by atoms with van der Waals surface area (Å²) < 4.78 is 32.0. The third-order valence-electron chi connectivity index (χ3n) is 5.24. The Labute approximate surface area is 187 Å². The summed E-state index contributed by atoms with van der Waals surface area (Å²) in [6.07, 6.45) is 3.26. The summed E-state index contributed by atoms with van der Waals surface area (Å²) in [4.78, 5) is 21.6. The highest BCUT2D eigenvalue weighted by atomic mass is 32.2. The van der Waals surface area contributed by atoms with Gasteiger partial charge in [0.1, 0.15) is 6.04 Å². The first-order valence-electron chi connectivity index (χ1n) is 10.1. The molecule has 170 valence electrons. The number of nitrogens with zero attached hydrogens (tertiary/aromatic N) is 4. The van der Waals surface area contributed by atoms with Crippen LogP contribution in [0.4, 0.5) is 0 Å². The van der Waals surface area contributed by atoms with Crippen LogP contribution in [-0.2, 0) is 10.0 Å². The first kappa shape index (κ1) is 23.6. The standard InChI is InChI=1S/C22H27N5O4S/c1-13(2)19(22-25-20(26-31-22)16-7-9-23-10-8-16)24-21(28)17-11-14(3)15(4)18(12-17)32(29,30)27(5)6/h7-13,19H,1-6H3,(H,24,28). The lowest BCUT2D eigenvalue weighted by Gasteiger charge is -2.20. The minimum Gasteiger partial charge on any atom is -0.340 e. The Morgan fingerprint density at radius 3 is 2.38 bits per heavy atom. The molecule has 9 nitrogen and oxygen atoms in total. The normalized spacial score (nSPS) is 12.9. The number of benzene rings is 1. The summed E-state index contributed by atoms with van der Waals surface area (Å²) in [6.45, 7) is 7.34. The number of pyridine rings is 1. The van der Waals surface area contributed by atoms with E-state index in [1.54, 1.807) is 44.4 Å². The number of nitrogens with one attached hydrogen (secondary N) is 1. The number of aromatic nitrogens is 3. The van der Waals surface area contributed by atoms with Gasteiger partial charge in [0.15, 0.2) is 0 Å². The van der Waals surface area contributed by atoms with Crippen LogP contribution in [0.25, 0.3) is 11.4 Å². The fraction of sp³-hybridized carbons (Fsp3) is 0.364. The second kappa shape index (κ2) is 9.17. The van der Waals surface area contributed by atoms with Gasteiger partial charge in [0.2, 0.25) is 21.7 Å². The van der Waals surface area contributed by atoms with Gasteiger partial charge in [-0.05, 0) is 55.2 Å². The number of amides is 1. The van der Waals surface area contributed by atoms with Gasteiger partial charge in [-0.2, -0.15) is 4.98 Å². The van der Waals surface area contributed by atoms with Crippen LogP contribution in [-0.4, -0.2) is 47.9 Å². The van der Waals surface area contributed by atoms with E-state index < -0.39 is 22.0 Å². The summed E-state index contributed by atoms with van der Waals surface area (Å²) in [6, 6.07) is 6.05. The lowest BCUT2D eigenvalue weighted by molar-refractivity contribution is 0.0913. The number of hydrogen-bond acceptors (Lipinski definition) is 7. The van der Waals surface area contributed by atoms with Crippen LogP contribution in [0.15, 0.2) is 46.1 Å². The Morgan fingerprint density at radius 2 is 1.78 bits per heavy atom. The highest BCUT2D eigenvalue weighted by molar-refractivity contribution is 7.89. The molecule has 0 aliphatic rings. The number of carbonyl (C=O) groups is 1. The molecule has 3 rings (SSSR count). The molecule has 1 N–H and O–H groups in total. The maximum absolute atomic E-state index is 13.1. The van der Waals surface area contributed by atoms with Crippen molar-refractivity contribution in [2.24, 2.45) is 5.92 Å². The van der Waals surface area contributed by atoms with Crippen molar-refractivity contribution < 1.29 is 17.7 Å². The van der Waals surface area contributed by atoms with Crippen LogP contribution in [0.3, 0.4) is 0 Å². The second-order valence-corrected chi connectivity index (χ2v) is 10.2. The summed E-state index contributed by atoms with van der Waals surface area (Å²) in [7, 11) is -0.783. The van der Waals surface area contributed by atoms with Gasteiger partial charge < -0.3 is 9.84 Å². The Bertz CT molecular complexity index is 1220. The fourth-order valence-corrected chi connectivity index (χ4v) is 4.36. The SMILES string of the molecule is Cc1cc(C(=O)NC(c2nc(-c3ccncc3)no2)C(C)C)cc(S(=O)(=O)N(C)C)c1C. The van der Waals surface area contributed by atoms with E-state index in [1.807, 2.05) is 13.8 Å². The molecule has 3 aromatic rings. The molecule has 0 radical (unpaired) electrons. The lowest BCUT2D eigenvalue weighted by Crippen LogP contribution is -2.32. The molecule has 2 aromatic heterocycles. The van der Waals surface area contributed by atoms with Crippen molar-refractivity contribution in [3.8, 4) is 11.4 Å². The monoisotopic (exact) mass is 457 g/mol. The number of carbonyl (C=O) groups excluding carboxylic acids is 1. The highest BCUT2D eigenvalue weighted by Gasteiger charge is 2.27. The quantitative estimate of drug-likeness (QED) is 0.579. The van der Waals surface area contributed by atoms with Gasteiger partial charge in [0, 0.05) is 37.6 Å². The summed E-state index contributed by atoms with van der Waals surface area (Å²) in [5.74, 6) is 0.185. The molecular weight excluding hydrogens is 430 g/mol. The van der Waals surface area contributed by atoms with Crippen molar-refractivity contribution in [1.82, 2.24) is 24.7 Å². The van der Waals surface area contributed by atoms with Gasteiger partial charge in [-0.15, -0.1) is 0 Å². The van der Waals surface area contributed by atoms with Crippen molar-refractivity contribution in [1.29, 1.82) is 0 Å². The van der Waals surface area contributed by atoms with Crippen LogP contribution >= 0.6 is 0 Å². The van der Waals surface area contributed by atoms with E-state index in [4.69, 9.17) is 4.52 Å². The maximum atomic E-state index is 13.1. The molecule has 1 amide bonds. The van der Waals surface area contributed by atoms with Crippen molar-refractivity contribution >= 4 is 15.9 Å². The zero-order chi connectivity index (χ0) is 23.6. The van der Waals surface area contributed by atoms with Gasteiger partial charge in [0.05, 0.1) is 4.90 Å². The van der Waals surface area contributed by atoms with Gasteiger partial charge >= 0.3 is 0 Å². The molecule has 0 saturated heterocycles. The molecule has 2 heterocycles. The number of aryl methyl sites for hydroxylation is 1. The Balaban J connectivity index is 1.93. The largest absolute Gasteiger partial charge is 0.340 e. The molecule has 0 spiro atoms. The smallest absolute Gasteiger partial charge is 0.251 e. The van der Waals surface area contributed by atoms with E-state index in [9.17, 15) is 13.2 Å². The van der Waals surface area contributed by atoms with Crippen LogP contribution in [0.2, 0.25) is 0 Å². The predicted molar refractivity (Wildman–Crippen MR) is 119 cm³/mol. The zero-order valence-electron chi connectivity index (χ0n) is 18.9. The van der Waals surface area contributed by atoms with Crippen molar-refractivity contribution in [3.05, 3.63) is 59.2 Å². The first-order chi connectivity index (χ1) is 15.0. The van der Waals surface area contributed by atoms with E-state index >= 15 is 0 Å². The average molecular weight is 458 g/mol. The van der Waals surface area contributed by atoms with E-state index in [0.717, 1.165) is 9.87 Å². The minimum atomic E-state index is -3.70. The molecule has 1 unspecified atom stereocenters.